The van der Waals surface area contributed by atoms with Gasteiger partial charge in [0.25, 0.3) is 0 Å². The third kappa shape index (κ3) is 2.21. The van der Waals surface area contributed by atoms with Crippen molar-refractivity contribution in [1.82, 2.24) is 19.9 Å². The minimum absolute atomic E-state index is 0.0299. The van der Waals surface area contributed by atoms with Crippen LogP contribution in [0.3, 0.4) is 0 Å². The normalized spacial score (nSPS) is 26.6. The summed E-state index contributed by atoms with van der Waals surface area (Å²) in [4.78, 5) is 12.5. The summed E-state index contributed by atoms with van der Waals surface area (Å²) in [6.45, 7) is 0.699. The number of likely N-dealkylation sites (tertiary alicyclic amines) is 1. The fourth-order valence-corrected chi connectivity index (χ4v) is 2.87. The molecule has 3 atom stereocenters. The Bertz CT molecular complexity index is 734. The van der Waals surface area contributed by atoms with E-state index in [-0.39, 0.29) is 24.1 Å². The van der Waals surface area contributed by atoms with Gasteiger partial charge in [0.1, 0.15) is 29.8 Å². The summed E-state index contributed by atoms with van der Waals surface area (Å²) in [5.74, 6) is -0.340. The molecule has 2 aromatic rings. The predicted octanol–water partition coefficient (Wildman–Crippen LogP) is 1.39. The van der Waals surface area contributed by atoms with E-state index in [1.807, 2.05) is 0 Å². The van der Waals surface area contributed by atoms with Gasteiger partial charge in [0.05, 0.1) is 12.7 Å². The molecule has 0 bridgehead atoms. The van der Waals surface area contributed by atoms with Gasteiger partial charge in [-0.05, 0) is 12.1 Å². The Balaban J connectivity index is 1.60. The van der Waals surface area contributed by atoms with Gasteiger partial charge in [-0.3, -0.25) is 0 Å². The molecule has 2 saturated heterocycles. The Morgan fingerprint density at radius 2 is 2.27 bits per heavy atom. The van der Waals surface area contributed by atoms with Crippen LogP contribution in [0.2, 0.25) is 0 Å². The second kappa shape index (κ2) is 4.77. The number of ether oxygens (including phenoxy) is 1. The van der Waals surface area contributed by atoms with Crippen molar-refractivity contribution in [3.8, 4) is 11.3 Å². The molecule has 1 aromatic heterocycles. The molecule has 0 unspecified atom stereocenters. The molecule has 2 fully saturated rings. The lowest BCUT2D eigenvalue weighted by molar-refractivity contribution is 0.127. The maximum Gasteiger partial charge on any atom is 0.407 e. The molecule has 0 radical (unpaired) electrons. The van der Waals surface area contributed by atoms with E-state index in [2.05, 4.69) is 10.3 Å². The van der Waals surface area contributed by atoms with Gasteiger partial charge in [0.15, 0.2) is 0 Å². The molecule has 0 spiro atoms. The number of hydrogen-bond acceptors (Lipinski definition) is 4. The van der Waals surface area contributed by atoms with E-state index in [9.17, 15) is 9.18 Å². The molecule has 1 N–H and O–H groups in total. The Morgan fingerprint density at radius 3 is 3.05 bits per heavy atom. The Hall–Kier alpha value is -2.48. The molecular weight excluding hydrogens is 291 g/mol. The summed E-state index contributed by atoms with van der Waals surface area (Å²) in [7, 11) is 0. The van der Waals surface area contributed by atoms with E-state index in [4.69, 9.17) is 9.84 Å². The van der Waals surface area contributed by atoms with Crippen LogP contribution in [-0.2, 0) is 4.74 Å². The minimum atomic E-state index is -0.968. The molecule has 0 aliphatic carbocycles. The molecule has 4 rings (SSSR count). The number of piperidine rings is 1. The Kier molecular flexibility index (Phi) is 2.86. The maximum absolute atomic E-state index is 13.3. The molecule has 7 nitrogen and oxygen atoms in total. The van der Waals surface area contributed by atoms with Crippen molar-refractivity contribution in [2.75, 3.05) is 13.1 Å². The van der Waals surface area contributed by atoms with Crippen molar-refractivity contribution in [1.29, 1.82) is 0 Å². The number of hydrogen-bond donors (Lipinski definition) is 1. The van der Waals surface area contributed by atoms with E-state index in [0.717, 1.165) is 0 Å². The molecule has 1 aromatic carbocycles. The topological polar surface area (TPSA) is 83.8 Å². The van der Waals surface area contributed by atoms with Crippen LogP contribution in [0.4, 0.5) is 9.18 Å². The van der Waals surface area contributed by atoms with Gasteiger partial charge in [0, 0.05) is 12.1 Å². The van der Waals surface area contributed by atoms with Crippen LogP contribution >= 0.6 is 0 Å². The van der Waals surface area contributed by atoms with Crippen molar-refractivity contribution in [3.05, 3.63) is 36.3 Å². The fourth-order valence-electron chi connectivity index (χ4n) is 2.87. The first kappa shape index (κ1) is 13.2. The molecule has 0 saturated carbocycles. The fraction of sp³-hybridized carbons (Fsp3) is 0.357. The van der Waals surface area contributed by atoms with Crippen molar-refractivity contribution < 1.29 is 19.0 Å². The smallest absolute Gasteiger partial charge is 0.407 e. The Morgan fingerprint density at radius 1 is 1.41 bits per heavy atom. The largest absolute Gasteiger partial charge is 0.465 e. The summed E-state index contributed by atoms with van der Waals surface area (Å²) in [5, 5.41) is 17.2. The SMILES string of the molecule is O=C(O)N1C[C@@H]2O[C@@H]2[C@@H](n2cc(-c3cccc(F)c3)nn2)C1. The summed E-state index contributed by atoms with van der Waals surface area (Å²) >= 11 is 0. The van der Waals surface area contributed by atoms with Crippen LogP contribution in [-0.4, -0.2) is 56.4 Å². The third-order valence-electron chi connectivity index (χ3n) is 4.05. The average molecular weight is 304 g/mol. The second-order valence-electron chi connectivity index (χ2n) is 5.49. The van der Waals surface area contributed by atoms with Crippen molar-refractivity contribution in [3.63, 3.8) is 0 Å². The highest BCUT2D eigenvalue weighted by Crippen LogP contribution is 2.38. The van der Waals surface area contributed by atoms with Crippen LogP contribution in [0.5, 0.6) is 0 Å². The standard InChI is InChI=1S/C14H13FN4O3/c15-9-3-1-2-8(4-9)10-5-19(17-16-10)11-6-18(14(20)21)7-12-13(11)22-12/h1-5,11-13H,6-7H2,(H,20,21)/t11-,12-,13+/m0/s1. The molecule has 2 aliphatic heterocycles. The van der Waals surface area contributed by atoms with Gasteiger partial charge in [-0.2, -0.15) is 0 Å². The quantitative estimate of drug-likeness (QED) is 0.848. The van der Waals surface area contributed by atoms with Gasteiger partial charge < -0.3 is 14.7 Å². The van der Waals surface area contributed by atoms with Crippen LogP contribution < -0.4 is 0 Å². The van der Waals surface area contributed by atoms with Gasteiger partial charge >= 0.3 is 6.09 Å². The zero-order valence-corrected chi connectivity index (χ0v) is 11.5. The second-order valence-corrected chi connectivity index (χ2v) is 5.49. The average Bonchev–Trinajstić information content (AvgIpc) is 3.12. The van der Waals surface area contributed by atoms with Crippen molar-refractivity contribution >= 4 is 6.09 Å². The number of fused-ring (bicyclic) bond motifs is 1. The number of rotatable bonds is 2. The van der Waals surface area contributed by atoms with Crippen LogP contribution in [0.15, 0.2) is 30.5 Å². The van der Waals surface area contributed by atoms with Crippen LogP contribution in [0, 0.1) is 5.82 Å². The first-order valence-electron chi connectivity index (χ1n) is 6.93. The number of carboxylic acid groups (broad SMARTS) is 1. The highest BCUT2D eigenvalue weighted by molar-refractivity contribution is 5.65. The molecule has 22 heavy (non-hydrogen) atoms. The van der Waals surface area contributed by atoms with Crippen molar-refractivity contribution in [2.45, 2.75) is 18.2 Å². The van der Waals surface area contributed by atoms with E-state index in [0.29, 0.717) is 24.3 Å². The van der Waals surface area contributed by atoms with Crippen molar-refractivity contribution in [2.24, 2.45) is 0 Å². The van der Waals surface area contributed by atoms with E-state index < -0.39 is 6.09 Å². The number of nitrogens with zero attached hydrogens (tertiary/aromatic N) is 4. The summed E-state index contributed by atoms with van der Waals surface area (Å²) in [6, 6.07) is 5.90. The van der Waals surface area contributed by atoms with E-state index >= 15 is 0 Å². The number of aromatic nitrogens is 3. The lowest BCUT2D eigenvalue weighted by Crippen LogP contribution is -2.44. The molecule has 2 aliphatic rings. The van der Waals surface area contributed by atoms with Crippen LogP contribution in [0.1, 0.15) is 6.04 Å². The number of amides is 1. The van der Waals surface area contributed by atoms with Crippen LogP contribution in [0.25, 0.3) is 11.3 Å². The number of halogens is 1. The minimum Gasteiger partial charge on any atom is -0.465 e. The third-order valence-corrected chi connectivity index (χ3v) is 4.05. The zero-order valence-electron chi connectivity index (χ0n) is 11.5. The predicted molar refractivity (Wildman–Crippen MR) is 72.7 cm³/mol. The molecule has 8 heteroatoms. The van der Waals surface area contributed by atoms with Gasteiger partial charge in [-0.15, -0.1) is 5.10 Å². The highest BCUT2D eigenvalue weighted by Gasteiger charge is 2.52. The summed E-state index contributed by atoms with van der Waals surface area (Å²) in [6.07, 6.45) is 0.627. The van der Waals surface area contributed by atoms with Gasteiger partial charge in [0.2, 0.25) is 0 Å². The molecule has 114 valence electrons. The first-order chi connectivity index (χ1) is 10.6. The Labute approximate surface area is 124 Å². The zero-order chi connectivity index (χ0) is 15.3. The van der Waals surface area contributed by atoms with Gasteiger partial charge in [-0.25, -0.2) is 13.9 Å². The molecule has 1 amide bonds. The number of carbonyl (C=O) groups is 1. The van der Waals surface area contributed by atoms with E-state index in [1.165, 1.54) is 17.0 Å². The summed E-state index contributed by atoms with van der Waals surface area (Å²) in [5.41, 5.74) is 1.18. The van der Waals surface area contributed by atoms with E-state index in [1.54, 1.807) is 23.0 Å². The lowest BCUT2D eigenvalue weighted by Gasteiger charge is -2.27. The van der Waals surface area contributed by atoms with Gasteiger partial charge in [-0.1, -0.05) is 17.3 Å². The molecular formula is C14H13FN4O3. The first-order valence-corrected chi connectivity index (χ1v) is 6.93. The summed E-state index contributed by atoms with van der Waals surface area (Å²) < 4.78 is 20.4. The lowest BCUT2D eigenvalue weighted by atomic mass is 10.1. The molecule has 3 heterocycles. The number of benzene rings is 1. The monoisotopic (exact) mass is 304 g/mol. The highest BCUT2D eigenvalue weighted by atomic mass is 19.1. The maximum atomic E-state index is 13.3. The number of epoxide rings is 1.